The Hall–Kier alpha value is -1.79. The third-order valence-electron chi connectivity index (χ3n) is 3.83. The first-order valence-electron chi connectivity index (χ1n) is 7.67. The van der Waals surface area contributed by atoms with Crippen molar-refractivity contribution in [3.05, 3.63) is 29.3 Å². The van der Waals surface area contributed by atoms with Crippen molar-refractivity contribution >= 4 is 6.03 Å². The van der Waals surface area contributed by atoms with Gasteiger partial charge in [0.25, 0.3) is 0 Å². The quantitative estimate of drug-likeness (QED) is 0.777. The maximum Gasteiger partial charge on any atom is 0.317 e. The van der Waals surface area contributed by atoms with E-state index in [1.807, 2.05) is 32.0 Å². The van der Waals surface area contributed by atoms with Crippen molar-refractivity contribution in [3.8, 4) is 5.75 Å². The van der Waals surface area contributed by atoms with Crippen molar-refractivity contribution in [2.75, 3.05) is 46.1 Å². The number of carbonyl (C=O) groups is 1. The van der Waals surface area contributed by atoms with Gasteiger partial charge in [0.15, 0.2) is 6.73 Å². The molecule has 0 radical (unpaired) electrons. The van der Waals surface area contributed by atoms with E-state index in [9.17, 15) is 4.79 Å². The Labute approximate surface area is 131 Å². The first-order valence-corrected chi connectivity index (χ1v) is 7.67. The smallest absolute Gasteiger partial charge is 0.317 e. The SMILES string of the molecule is Cc1cccc(OCNC(=O)NCCN2CCOCC2)c1C. The lowest BCUT2D eigenvalue weighted by molar-refractivity contribution is 0.0387. The maximum atomic E-state index is 11.7. The molecule has 1 heterocycles. The van der Waals surface area contributed by atoms with Crippen LogP contribution in [0.25, 0.3) is 0 Å². The average molecular weight is 307 g/mol. The molecule has 0 atom stereocenters. The van der Waals surface area contributed by atoms with Gasteiger partial charge in [-0.3, -0.25) is 4.90 Å². The maximum absolute atomic E-state index is 11.7. The molecule has 1 aliphatic rings. The Morgan fingerprint density at radius 2 is 2.05 bits per heavy atom. The van der Waals surface area contributed by atoms with Crippen LogP contribution in [0.4, 0.5) is 4.79 Å². The van der Waals surface area contributed by atoms with Crippen molar-refractivity contribution in [1.82, 2.24) is 15.5 Å². The lowest BCUT2D eigenvalue weighted by Gasteiger charge is -2.26. The van der Waals surface area contributed by atoms with Gasteiger partial charge in [0.2, 0.25) is 0 Å². The van der Waals surface area contributed by atoms with Crippen LogP contribution in [0.5, 0.6) is 5.75 Å². The molecule has 2 N–H and O–H groups in total. The van der Waals surface area contributed by atoms with E-state index in [0.717, 1.165) is 44.2 Å². The molecule has 2 rings (SSSR count). The van der Waals surface area contributed by atoms with Crippen LogP contribution in [0.3, 0.4) is 0 Å². The largest absolute Gasteiger partial charge is 0.473 e. The summed E-state index contributed by atoms with van der Waals surface area (Å²) in [5, 5.41) is 5.53. The zero-order valence-electron chi connectivity index (χ0n) is 13.4. The third-order valence-corrected chi connectivity index (χ3v) is 3.83. The van der Waals surface area contributed by atoms with E-state index in [2.05, 4.69) is 15.5 Å². The molecule has 0 unspecified atom stereocenters. The molecule has 1 aromatic rings. The topological polar surface area (TPSA) is 62.8 Å². The van der Waals surface area contributed by atoms with Crippen molar-refractivity contribution in [2.45, 2.75) is 13.8 Å². The molecule has 6 heteroatoms. The van der Waals surface area contributed by atoms with E-state index in [0.29, 0.717) is 6.54 Å². The summed E-state index contributed by atoms with van der Waals surface area (Å²) in [5.41, 5.74) is 2.27. The summed E-state index contributed by atoms with van der Waals surface area (Å²) in [7, 11) is 0. The summed E-state index contributed by atoms with van der Waals surface area (Å²) in [6.07, 6.45) is 0. The van der Waals surface area contributed by atoms with Crippen LogP contribution in [-0.4, -0.2) is 57.1 Å². The van der Waals surface area contributed by atoms with E-state index >= 15 is 0 Å². The van der Waals surface area contributed by atoms with Gasteiger partial charge in [-0.05, 0) is 31.0 Å². The van der Waals surface area contributed by atoms with E-state index in [1.165, 1.54) is 5.56 Å². The highest BCUT2D eigenvalue weighted by molar-refractivity contribution is 5.73. The molecule has 122 valence electrons. The van der Waals surface area contributed by atoms with Crippen LogP contribution in [-0.2, 0) is 4.74 Å². The Balaban J connectivity index is 1.60. The Morgan fingerprint density at radius 1 is 1.27 bits per heavy atom. The van der Waals surface area contributed by atoms with Crippen LogP contribution >= 0.6 is 0 Å². The number of hydrogen-bond donors (Lipinski definition) is 2. The van der Waals surface area contributed by atoms with Crippen LogP contribution in [0.1, 0.15) is 11.1 Å². The van der Waals surface area contributed by atoms with Crippen molar-refractivity contribution in [2.24, 2.45) is 0 Å². The highest BCUT2D eigenvalue weighted by Crippen LogP contribution is 2.19. The second kappa shape index (κ2) is 8.60. The fourth-order valence-corrected chi connectivity index (χ4v) is 2.27. The van der Waals surface area contributed by atoms with E-state index < -0.39 is 0 Å². The zero-order valence-corrected chi connectivity index (χ0v) is 13.4. The minimum atomic E-state index is -0.210. The van der Waals surface area contributed by atoms with Crippen molar-refractivity contribution in [3.63, 3.8) is 0 Å². The molecule has 0 aliphatic carbocycles. The molecule has 2 amide bonds. The van der Waals surface area contributed by atoms with Gasteiger partial charge in [-0.25, -0.2) is 4.79 Å². The molecule has 0 spiro atoms. The first-order chi connectivity index (χ1) is 10.7. The highest BCUT2D eigenvalue weighted by atomic mass is 16.5. The molecule has 22 heavy (non-hydrogen) atoms. The second-order valence-electron chi connectivity index (χ2n) is 5.37. The van der Waals surface area contributed by atoms with Crippen LogP contribution in [0.2, 0.25) is 0 Å². The number of urea groups is 1. The standard InChI is InChI=1S/C16H25N3O3/c1-13-4-3-5-15(14(13)2)22-12-18-16(20)17-6-7-19-8-10-21-11-9-19/h3-5H,6-12H2,1-2H3,(H2,17,18,20). The average Bonchev–Trinajstić information content (AvgIpc) is 2.52. The summed E-state index contributed by atoms with van der Waals surface area (Å²) in [6, 6.07) is 5.67. The van der Waals surface area contributed by atoms with Gasteiger partial charge in [-0.15, -0.1) is 0 Å². The number of aryl methyl sites for hydroxylation is 1. The molecule has 1 aromatic carbocycles. The molecule has 1 aliphatic heterocycles. The molecule has 0 bridgehead atoms. The van der Waals surface area contributed by atoms with Crippen molar-refractivity contribution in [1.29, 1.82) is 0 Å². The fourth-order valence-electron chi connectivity index (χ4n) is 2.27. The minimum absolute atomic E-state index is 0.160. The lowest BCUT2D eigenvalue weighted by Crippen LogP contribution is -2.44. The monoisotopic (exact) mass is 307 g/mol. The molecule has 0 aromatic heterocycles. The van der Waals surface area contributed by atoms with Crippen LogP contribution < -0.4 is 15.4 Å². The van der Waals surface area contributed by atoms with Gasteiger partial charge in [0, 0.05) is 26.2 Å². The summed E-state index contributed by atoms with van der Waals surface area (Å²) in [6.45, 7) is 9.07. The van der Waals surface area contributed by atoms with Gasteiger partial charge in [0.1, 0.15) is 5.75 Å². The number of amides is 2. The predicted octanol–water partition coefficient (Wildman–Crippen LogP) is 1.27. The minimum Gasteiger partial charge on any atom is -0.473 e. The highest BCUT2D eigenvalue weighted by Gasteiger charge is 2.10. The Morgan fingerprint density at radius 3 is 2.82 bits per heavy atom. The Bertz CT molecular complexity index is 488. The van der Waals surface area contributed by atoms with Gasteiger partial charge in [-0.2, -0.15) is 0 Å². The number of morpholine rings is 1. The molecule has 6 nitrogen and oxygen atoms in total. The number of nitrogens with one attached hydrogen (secondary N) is 2. The normalized spacial score (nSPS) is 15.4. The van der Waals surface area contributed by atoms with Crippen LogP contribution in [0, 0.1) is 13.8 Å². The second-order valence-corrected chi connectivity index (χ2v) is 5.37. The lowest BCUT2D eigenvalue weighted by atomic mass is 10.1. The number of benzene rings is 1. The Kier molecular flexibility index (Phi) is 6.48. The third kappa shape index (κ3) is 5.20. The molecular formula is C16H25N3O3. The van der Waals surface area contributed by atoms with E-state index in [4.69, 9.17) is 9.47 Å². The number of carbonyl (C=O) groups excluding carboxylic acids is 1. The summed E-state index contributed by atoms with van der Waals surface area (Å²) in [5.74, 6) is 0.800. The molecule has 1 saturated heterocycles. The van der Waals surface area contributed by atoms with E-state index in [-0.39, 0.29) is 12.8 Å². The summed E-state index contributed by atoms with van der Waals surface area (Å²) >= 11 is 0. The zero-order chi connectivity index (χ0) is 15.8. The van der Waals surface area contributed by atoms with Gasteiger partial charge in [0.05, 0.1) is 13.2 Å². The number of rotatable bonds is 6. The van der Waals surface area contributed by atoms with E-state index in [1.54, 1.807) is 0 Å². The molecular weight excluding hydrogens is 282 g/mol. The van der Waals surface area contributed by atoms with Gasteiger partial charge < -0.3 is 20.1 Å². The summed E-state index contributed by atoms with van der Waals surface area (Å²) in [4.78, 5) is 14.0. The number of ether oxygens (including phenoxy) is 2. The first kappa shape index (κ1) is 16.6. The summed E-state index contributed by atoms with van der Waals surface area (Å²) < 4.78 is 10.9. The van der Waals surface area contributed by atoms with Crippen LogP contribution in [0.15, 0.2) is 18.2 Å². The van der Waals surface area contributed by atoms with Gasteiger partial charge in [-0.1, -0.05) is 12.1 Å². The number of nitrogens with zero attached hydrogens (tertiary/aromatic N) is 1. The predicted molar refractivity (Wildman–Crippen MR) is 85.2 cm³/mol. The number of hydrogen-bond acceptors (Lipinski definition) is 4. The fraction of sp³-hybridized carbons (Fsp3) is 0.562. The van der Waals surface area contributed by atoms with Gasteiger partial charge >= 0.3 is 6.03 Å². The van der Waals surface area contributed by atoms with Crippen molar-refractivity contribution < 1.29 is 14.3 Å². The molecule has 1 fully saturated rings. The molecule has 0 saturated carbocycles.